The minimum atomic E-state index is -0.241. The van der Waals surface area contributed by atoms with Gasteiger partial charge in [0.05, 0.1) is 4.47 Å². The van der Waals surface area contributed by atoms with Crippen LogP contribution in [-0.4, -0.2) is 60.5 Å². The highest BCUT2D eigenvalue weighted by molar-refractivity contribution is 9.10. The molecule has 1 aliphatic rings. The summed E-state index contributed by atoms with van der Waals surface area (Å²) in [4.78, 5) is 24.2. The van der Waals surface area contributed by atoms with Gasteiger partial charge in [-0.1, -0.05) is 0 Å². The third-order valence-corrected chi connectivity index (χ3v) is 3.24. The number of hydrogen-bond donors (Lipinski definition) is 1. The predicted octanol–water partition coefficient (Wildman–Crippen LogP) is 0.105. The number of carbonyl (C=O) groups excluding carboxylic acids is 1. The SMILES string of the molecule is CN(C)C(=O)C1CNCCN1c1ncc(Br)cn1. The molecular formula is C11H16BrN5O. The van der Waals surface area contributed by atoms with Gasteiger partial charge in [0, 0.05) is 46.1 Å². The van der Waals surface area contributed by atoms with Gasteiger partial charge in [-0.2, -0.15) is 0 Å². The first-order valence-corrected chi connectivity index (χ1v) is 6.55. The molecule has 6 nitrogen and oxygen atoms in total. The second-order valence-corrected chi connectivity index (χ2v) is 5.26. The molecule has 2 heterocycles. The highest BCUT2D eigenvalue weighted by Gasteiger charge is 2.31. The fourth-order valence-electron chi connectivity index (χ4n) is 1.92. The van der Waals surface area contributed by atoms with Crippen molar-refractivity contribution in [3.8, 4) is 0 Å². The molecule has 0 bridgehead atoms. The Balaban J connectivity index is 2.22. The first-order chi connectivity index (χ1) is 8.59. The van der Waals surface area contributed by atoms with E-state index in [1.54, 1.807) is 31.4 Å². The molecule has 1 unspecified atom stereocenters. The van der Waals surface area contributed by atoms with Crippen molar-refractivity contribution in [1.82, 2.24) is 20.2 Å². The number of amides is 1. The van der Waals surface area contributed by atoms with Crippen LogP contribution in [-0.2, 0) is 4.79 Å². The summed E-state index contributed by atoms with van der Waals surface area (Å²) in [6, 6.07) is -0.241. The van der Waals surface area contributed by atoms with E-state index in [2.05, 4.69) is 31.2 Å². The molecule has 1 aliphatic heterocycles. The lowest BCUT2D eigenvalue weighted by Crippen LogP contribution is -2.58. The van der Waals surface area contributed by atoms with Crippen LogP contribution in [0.25, 0.3) is 0 Å². The van der Waals surface area contributed by atoms with Crippen LogP contribution in [0, 0.1) is 0 Å². The molecule has 2 rings (SSSR count). The molecule has 0 radical (unpaired) electrons. The van der Waals surface area contributed by atoms with Gasteiger partial charge < -0.3 is 15.1 Å². The minimum Gasteiger partial charge on any atom is -0.347 e. The lowest BCUT2D eigenvalue weighted by atomic mass is 10.2. The third kappa shape index (κ3) is 2.78. The normalized spacial score (nSPS) is 19.7. The Morgan fingerprint density at radius 1 is 1.50 bits per heavy atom. The second-order valence-electron chi connectivity index (χ2n) is 4.35. The fraction of sp³-hybridized carbons (Fsp3) is 0.545. The Hall–Kier alpha value is -1.21. The van der Waals surface area contributed by atoms with E-state index in [1.165, 1.54) is 0 Å². The molecule has 0 aromatic carbocycles. The van der Waals surface area contributed by atoms with Gasteiger partial charge in [-0.25, -0.2) is 9.97 Å². The summed E-state index contributed by atoms with van der Waals surface area (Å²) in [5.41, 5.74) is 0. The maximum Gasteiger partial charge on any atom is 0.246 e. The summed E-state index contributed by atoms with van der Waals surface area (Å²) >= 11 is 3.31. The average molecular weight is 314 g/mol. The quantitative estimate of drug-likeness (QED) is 0.839. The van der Waals surface area contributed by atoms with Crippen molar-refractivity contribution in [1.29, 1.82) is 0 Å². The Labute approximate surface area is 115 Å². The number of aromatic nitrogens is 2. The van der Waals surface area contributed by atoms with E-state index < -0.39 is 0 Å². The highest BCUT2D eigenvalue weighted by Crippen LogP contribution is 2.16. The number of nitrogens with zero attached hydrogens (tertiary/aromatic N) is 4. The van der Waals surface area contributed by atoms with E-state index in [-0.39, 0.29) is 11.9 Å². The van der Waals surface area contributed by atoms with E-state index in [0.717, 1.165) is 17.6 Å². The van der Waals surface area contributed by atoms with Crippen LogP contribution in [0.1, 0.15) is 0 Å². The summed E-state index contributed by atoms with van der Waals surface area (Å²) in [6.45, 7) is 2.18. The van der Waals surface area contributed by atoms with Gasteiger partial charge >= 0.3 is 0 Å². The Morgan fingerprint density at radius 3 is 2.78 bits per heavy atom. The molecule has 1 aromatic rings. The molecule has 1 saturated heterocycles. The topological polar surface area (TPSA) is 61.4 Å². The Kier molecular flexibility index (Phi) is 4.13. The van der Waals surface area contributed by atoms with E-state index >= 15 is 0 Å². The standard InChI is InChI=1S/C11H16BrN5O/c1-16(2)10(18)9-7-13-3-4-17(9)11-14-5-8(12)6-15-11/h5-6,9,13H,3-4,7H2,1-2H3. The van der Waals surface area contributed by atoms with Crippen LogP contribution in [0.2, 0.25) is 0 Å². The van der Waals surface area contributed by atoms with Crippen molar-refractivity contribution in [2.24, 2.45) is 0 Å². The first kappa shape index (κ1) is 13.2. The Bertz CT molecular complexity index is 422. The van der Waals surface area contributed by atoms with E-state index in [0.29, 0.717) is 12.5 Å². The fourth-order valence-corrected chi connectivity index (χ4v) is 2.12. The minimum absolute atomic E-state index is 0.0636. The zero-order valence-corrected chi connectivity index (χ0v) is 12.0. The molecule has 0 saturated carbocycles. The summed E-state index contributed by atoms with van der Waals surface area (Å²) in [6.07, 6.45) is 3.39. The number of piperazine rings is 1. The zero-order chi connectivity index (χ0) is 13.1. The highest BCUT2D eigenvalue weighted by atomic mass is 79.9. The van der Waals surface area contributed by atoms with E-state index in [9.17, 15) is 4.79 Å². The van der Waals surface area contributed by atoms with E-state index in [4.69, 9.17) is 0 Å². The molecule has 0 spiro atoms. The van der Waals surface area contributed by atoms with Crippen molar-refractivity contribution in [3.05, 3.63) is 16.9 Å². The molecule has 1 aromatic heterocycles. The average Bonchev–Trinajstić information content (AvgIpc) is 2.39. The maximum absolute atomic E-state index is 12.1. The van der Waals surface area contributed by atoms with Gasteiger partial charge in [0.25, 0.3) is 0 Å². The van der Waals surface area contributed by atoms with Crippen molar-refractivity contribution in [3.63, 3.8) is 0 Å². The molecule has 1 atom stereocenters. The van der Waals surface area contributed by atoms with Crippen molar-refractivity contribution in [2.45, 2.75) is 6.04 Å². The van der Waals surface area contributed by atoms with Crippen LogP contribution in [0.5, 0.6) is 0 Å². The van der Waals surface area contributed by atoms with Crippen molar-refractivity contribution in [2.75, 3.05) is 38.6 Å². The molecule has 7 heteroatoms. The monoisotopic (exact) mass is 313 g/mol. The molecule has 1 fully saturated rings. The Morgan fingerprint density at radius 2 is 2.17 bits per heavy atom. The van der Waals surface area contributed by atoms with Crippen molar-refractivity contribution >= 4 is 27.8 Å². The van der Waals surface area contributed by atoms with Crippen LogP contribution < -0.4 is 10.2 Å². The zero-order valence-electron chi connectivity index (χ0n) is 10.4. The van der Waals surface area contributed by atoms with Gasteiger partial charge in [-0.15, -0.1) is 0 Å². The number of halogens is 1. The number of likely N-dealkylation sites (N-methyl/N-ethyl adjacent to an activating group) is 1. The number of carbonyl (C=O) groups is 1. The number of nitrogens with one attached hydrogen (secondary N) is 1. The second kappa shape index (κ2) is 5.62. The first-order valence-electron chi connectivity index (χ1n) is 5.75. The molecule has 1 amide bonds. The summed E-state index contributed by atoms with van der Waals surface area (Å²) < 4.78 is 0.830. The number of hydrogen-bond acceptors (Lipinski definition) is 5. The third-order valence-electron chi connectivity index (χ3n) is 2.83. The van der Waals surface area contributed by atoms with Gasteiger partial charge in [0.1, 0.15) is 6.04 Å². The summed E-state index contributed by atoms with van der Waals surface area (Å²) in [5.74, 6) is 0.661. The number of rotatable bonds is 2. The van der Waals surface area contributed by atoms with Crippen LogP contribution in [0.3, 0.4) is 0 Å². The summed E-state index contributed by atoms with van der Waals surface area (Å²) in [5, 5.41) is 3.23. The molecule has 1 N–H and O–H groups in total. The number of anilines is 1. The lowest BCUT2D eigenvalue weighted by Gasteiger charge is -2.36. The van der Waals surface area contributed by atoms with Crippen molar-refractivity contribution < 1.29 is 4.79 Å². The van der Waals surface area contributed by atoms with Gasteiger partial charge in [-0.05, 0) is 15.9 Å². The predicted molar refractivity (Wildman–Crippen MR) is 72.4 cm³/mol. The van der Waals surface area contributed by atoms with Gasteiger partial charge in [0.2, 0.25) is 11.9 Å². The van der Waals surface area contributed by atoms with Gasteiger partial charge in [0.15, 0.2) is 0 Å². The van der Waals surface area contributed by atoms with Crippen LogP contribution >= 0.6 is 15.9 Å². The molecule has 0 aliphatic carbocycles. The lowest BCUT2D eigenvalue weighted by molar-refractivity contribution is -0.130. The van der Waals surface area contributed by atoms with Crippen LogP contribution in [0.4, 0.5) is 5.95 Å². The van der Waals surface area contributed by atoms with E-state index in [1.807, 2.05) is 4.90 Å². The van der Waals surface area contributed by atoms with Crippen LogP contribution in [0.15, 0.2) is 16.9 Å². The molecular weight excluding hydrogens is 298 g/mol. The van der Waals surface area contributed by atoms with Gasteiger partial charge in [-0.3, -0.25) is 4.79 Å². The maximum atomic E-state index is 12.1. The summed E-state index contributed by atoms with van der Waals surface area (Å²) in [7, 11) is 3.52. The smallest absolute Gasteiger partial charge is 0.246 e. The molecule has 98 valence electrons. The largest absolute Gasteiger partial charge is 0.347 e. The molecule has 18 heavy (non-hydrogen) atoms.